The molecule has 0 saturated heterocycles. The monoisotopic (exact) mass is 232 g/mol. The first-order valence-electron chi connectivity index (χ1n) is 5.49. The molecule has 0 bridgehead atoms. The Labute approximate surface area is 100 Å². The van der Waals surface area contributed by atoms with Crippen molar-refractivity contribution in [2.24, 2.45) is 0 Å². The molecule has 0 radical (unpaired) electrons. The van der Waals surface area contributed by atoms with Gasteiger partial charge in [0.25, 0.3) is 0 Å². The van der Waals surface area contributed by atoms with Gasteiger partial charge in [-0.1, -0.05) is 12.1 Å². The molecule has 5 nitrogen and oxygen atoms in total. The van der Waals surface area contributed by atoms with Crippen LogP contribution in [0.15, 0.2) is 24.3 Å². The fourth-order valence-electron chi connectivity index (χ4n) is 1.32. The highest BCUT2D eigenvalue weighted by molar-refractivity contribution is 5.73. The van der Waals surface area contributed by atoms with Crippen LogP contribution in [0.25, 0.3) is 11.0 Å². The largest absolute Gasteiger partial charge is 0.377 e. The minimum atomic E-state index is -0.255. The Kier molecular flexibility index (Phi) is 3.19. The molecule has 17 heavy (non-hydrogen) atoms. The minimum Gasteiger partial charge on any atom is -0.377 e. The lowest BCUT2D eigenvalue weighted by Gasteiger charge is -2.22. The molecule has 0 spiro atoms. The summed E-state index contributed by atoms with van der Waals surface area (Å²) in [4.78, 5) is 4.37. The van der Waals surface area contributed by atoms with Crippen molar-refractivity contribution in [1.29, 1.82) is 0 Å². The highest BCUT2D eigenvalue weighted by Crippen LogP contribution is 2.11. The fourth-order valence-corrected chi connectivity index (χ4v) is 1.32. The summed E-state index contributed by atoms with van der Waals surface area (Å²) >= 11 is 0. The van der Waals surface area contributed by atoms with Crippen molar-refractivity contribution in [3.63, 3.8) is 0 Å². The lowest BCUT2D eigenvalue weighted by molar-refractivity contribution is 0.0342. The van der Waals surface area contributed by atoms with Crippen molar-refractivity contribution in [3.05, 3.63) is 24.3 Å². The third-order valence-electron chi connectivity index (χ3n) is 2.59. The van der Waals surface area contributed by atoms with Gasteiger partial charge in [-0.2, -0.15) is 0 Å². The third-order valence-corrected chi connectivity index (χ3v) is 2.59. The van der Waals surface area contributed by atoms with E-state index < -0.39 is 0 Å². The smallest absolute Gasteiger partial charge is 0.243 e. The van der Waals surface area contributed by atoms with Crippen LogP contribution in [0.3, 0.4) is 0 Å². The molecule has 2 aromatic rings. The molecule has 0 fully saturated rings. The summed E-state index contributed by atoms with van der Waals surface area (Å²) in [6.07, 6.45) is 0. The lowest BCUT2D eigenvalue weighted by atomic mass is 10.1. The number of anilines is 1. The Morgan fingerprint density at radius 1 is 1.18 bits per heavy atom. The van der Waals surface area contributed by atoms with E-state index in [4.69, 9.17) is 4.74 Å². The SMILES string of the molecule is COC(C)(C)CNc1nnc2ccccc2n1. The summed E-state index contributed by atoms with van der Waals surface area (Å²) in [6.45, 7) is 4.62. The molecule has 0 atom stereocenters. The van der Waals surface area contributed by atoms with Gasteiger partial charge >= 0.3 is 0 Å². The summed E-state index contributed by atoms with van der Waals surface area (Å²) in [5, 5.41) is 11.2. The molecule has 1 heterocycles. The van der Waals surface area contributed by atoms with E-state index in [-0.39, 0.29) is 5.60 Å². The van der Waals surface area contributed by atoms with Crippen LogP contribution in [-0.4, -0.2) is 34.4 Å². The molecule has 1 N–H and O–H groups in total. The van der Waals surface area contributed by atoms with Gasteiger partial charge in [0.1, 0.15) is 5.52 Å². The molecule has 5 heteroatoms. The highest BCUT2D eigenvalue weighted by Gasteiger charge is 2.16. The van der Waals surface area contributed by atoms with E-state index in [1.807, 2.05) is 38.1 Å². The van der Waals surface area contributed by atoms with Gasteiger partial charge in [-0.3, -0.25) is 0 Å². The van der Waals surface area contributed by atoms with Crippen LogP contribution in [0.5, 0.6) is 0 Å². The van der Waals surface area contributed by atoms with Crippen LogP contribution < -0.4 is 5.32 Å². The summed E-state index contributed by atoms with van der Waals surface area (Å²) in [5.74, 6) is 0.522. The maximum Gasteiger partial charge on any atom is 0.243 e. The first-order chi connectivity index (χ1) is 8.11. The van der Waals surface area contributed by atoms with E-state index in [1.165, 1.54) is 0 Å². The van der Waals surface area contributed by atoms with Crippen LogP contribution >= 0.6 is 0 Å². The number of ether oxygens (including phenoxy) is 1. The maximum atomic E-state index is 5.31. The van der Waals surface area contributed by atoms with E-state index in [0.29, 0.717) is 12.5 Å². The van der Waals surface area contributed by atoms with Gasteiger partial charge in [0, 0.05) is 13.7 Å². The van der Waals surface area contributed by atoms with Gasteiger partial charge in [-0.25, -0.2) is 4.98 Å². The van der Waals surface area contributed by atoms with Gasteiger partial charge in [0.05, 0.1) is 11.1 Å². The average molecular weight is 232 g/mol. The number of benzene rings is 1. The Morgan fingerprint density at radius 2 is 1.88 bits per heavy atom. The van der Waals surface area contributed by atoms with Gasteiger partial charge < -0.3 is 10.1 Å². The van der Waals surface area contributed by atoms with Crippen molar-refractivity contribution < 1.29 is 4.74 Å². The van der Waals surface area contributed by atoms with Gasteiger partial charge in [-0.05, 0) is 26.0 Å². The van der Waals surface area contributed by atoms with Crippen molar-refractivity contribution in [2.75, 3.05) is 19.0 Å². The predicted molar refractivity (Wildman–Crippen MR) is 66.9 cm³/mol. The third kappa shape index (κ3) is 2.88. The van der Waals surface area contributed by atoms with E-state index in [2.05, 4.69) is 20.5 Å². The quantitative estimate of drug-likeness (QED) is 0.871. The van der Waals surface area contributed by atoms with E-state index in [9.17, 15) is 0 Å². The average Bonchev–Trinajstić information content (AvgIpc) is 2.36. The summed E-state index contributed by atoms with van der Waals surface area (Å²) in [6, 6.07) is 7.65. The number of aromatic nitrogens is 3. The zero-order valence-electron chi connectivity index (χ0n) is 10.3. The molecule has 1 aromatic heterocycles. The lowest BCUT2D eigenvalue weighted by Crippen LogP contribution is -2.32. The summed E-state index contributed by atoms with van der Waals surface area (Å²) < 4.78 is 5.31. The first-order valence-corrected chi connectivity index (χ1v) is 5.49. The molecule has 2 rings (SSSR count). The molecular weight excluding hydrogens is 216 g/mol. The number of nitrogens with one attached hydrogen (secondary N) is 1. The van der Waals surface area contributed by atoms with Crippen LogP contribution in [0.1, 0.15) is 13.8 Å². The maximum absolute atomic E-state index is 5.31. The molecule has 0 amide bonds. The second-order valence-corrected chi connectivity index (χ2v) is 4.44. The van der Waals surface area contributed by atoms with E-state index in [1.54, 1.807) is 7.11 Å². The Balaban J connectivity index is 2.14. The molecule has 0 unspecified atom stereocenters. The predicted octanol–water partition coefficient (Wildman–Crippen LogP) is 1.86. The number of nitrogens with zero attached hydrogens (tertiary/aromatic N) is 3. The number of hydrogen-bond donors (Lipinski definition) is 1. The molecule has 0 saturated carbocycles. The number of para-hydroxylation sites is 1. The van der Waals surface area contributed by atoms with Crippen LogP contribution in [0.4, 0.5) is 5.95 Å². The molecule has 0 aliphatic carbocycles. The zero-order chi connectivity index (χ0) is 12.3. The molecular formula is C12H16N4O. The second kappa shape index (κ2) is 4.63. The van der Waals surface area contributed by atoms with Crippen molar-refractivity contribution >= 4 is 17.0 Å². The summed E-state index contributed by atoms with van der Waals surface area (Å²) in [5.41, 5.74) is 1.37. The Bertz CT molecular complexity index is 513. The van der Waals surface area contributed by atoms with Crippen LogP contribution in [0, 0.1) is 0 Å². The summed E-state index contributed by atoms with van der Waals surface area (Å²) in [7, 11) is 1.68. The Morgan fingerprint density at radius 3 is 2.59 bits per heavy atom. The van der Waals surface area contributed by atoms with Crippen LogP contribution in [-0.2, 0) is 4.74 Å². The number of rotatable bonds is 4. The second-order valence-electron chi connectivity index (χ2n) is 4.44. The number of hydrogen-bond acceptors (Lipinski definition) is 5. The van der Waals surface area contributed by atoms with E-state index in [0.717, 1.165) is 11.0 Å². The Hall–Kier alpha value is -1.75. The fraction of sp³-hybridized carbons (Fsp3) is 0.417. The molecule has 0 aliphatic heterocycles. The standard InChI is InChI=1S/C12H16N4O/c1-12(2,17-3)8-13-11-14-9-6-4-5-7-10(9)15-16-11/h4-7H,8H2,1-3H3,(H,13,14,16). The van der Waals surface area contributed by atoms with Gasteiger partial charge in [-0.15, -0.1) is 10.2 Å². The zero-order valence-corrected chi connectivity index (χ0v) is 10.3. The highest BCUT2D eigenvalue weighted by atomic mass is 16.5. The van der Waals surface area contributed by atoms with E-state index >= 15 is 0 Å². The first kappa shape index (κ1) is 11.7. The number of fused-ring (bicyclic) bond motifs is 1. The van der Waals surface area contributed by atoms with Gasteiger partial charge in [0.2, 0.25) is 5.95 Å². The van der Waals surface area contributed by atoms with Crippen molar-refractivity contribution in [2.45, 2.75) is 19.4 Å². The van der Waals surface area contributed by atoms with Crippen LogP contribution in [0.2, 0.25) is 0 Å². The molecule has 90 valence electrons. The molecule has 1 aromatic carbocycles. The normalized spacial score (nSPS) is 11.7. The minimum absolute atomic E-state index is 0.255. The van der Waals surface area contributed by atoms with Crippen molar-refractivity contribution in [1.82, 2.24) is 15.2 Å². The topological polar surface area (TPSA) is 59.9 Å². The molecule has 0 aliphatic rings. The van der Waals surface area contributed by atoms with Gasteiger partial charge in [0.15, 0.2) is 0 Å². The van der Waals surface area contributed by atoms with Crippen molar-refractivity contribution in [3.8, 4) is 0 Å². The number of methoxy groups -OCH3 is 1.